The minimum atomic E-state index is 0.772. The topological polar surface area (TPSA) is 47.7 Å². The number of hydrogen-bond donors (Lipinski definition) is 1. The molecule has 4 heteroatoms. The predicted octanol–water partition coefficient (Wildman–Crippen LogP) is 1.76. The summed E-state index contributed by atoms with van der Waals surface area (Å²) in [5.41, 5.74) is 6.39. The largest absolute Gasteiger partial charge is 0.494 e. The molecule has 4 nitrogen and oxygen atoms in total. The summed E-state index contributed by atoms with van der Waals surface area (Å²) in [4.78, 5) is 2.45. The van der Waals surface area contributed by atoms with Crippen molar-refractivity contribution in [2.45, 2.75) is 12.8 Å². The third-order valence-corrected chi connectivity index (χ3v) is 3.12. The summed E-state index contributed by atoms with van der Waals surface area (Å²) in [7, 11) is 0. The van der Waals surface area contributed by atoms with Gasteiger partial charge < -0.3 is 15.2 Å². The molecule has 0 saturated carbocycles. The molecular weight excluding hydrogens is 228 g/mol. The number of benzene rings is 1. The van der Waals surface area contributed by atoms with E-state index in [1.165, 1.54) is 6.42 Å². The molecule has 2 rings (SSSR count). The van der Waals surface area contributed by atoms with Crippen molar-refractivity contribution < 1.29 is 9.47 Å². The lowest BCUT2D eigenvalue weighted by atomic mass is 10.3. The van der Waals surface area contributed by atoms with Crippen molar-refractivity contribution in [1.82, 2.24) is 4.90 Å². The molecule has 0 aromatic heterocycles. The molecule has 1 saturated heterocycles. The molecule has 0 spiro atoms. The van der Waals surface area contributed by atoms with Crippen LogP contribution in [0.25, 0.3) is 0 Å². The van der Waals surface area contributed by atoms with Gasteiger partial charge in [-0.15, -0.1) is 0 Å². The first-order valence-electron chi connectivity index (χ1n) is 6.63. The van der Waals surface area contributed by atoms with Gasteiger partial charge >= 0.3 is 0 Å². The van der Waals surface area contributed by atoms with Crippen molar-refractivity contribution in [3.63, 3.8) is 0 Å². The summed E-state index contributed by atoms with van der Waals surface area (Å²) < 4.78 is 11.0. The normalized spacial score (nSPS) is 16.7. The average molecular weight is 250 g/mol. The van der Waals surface area contributed by atoms with E-state index >= 15 is 0 Å². The third-order valence-electron chi connectivity index (χ3n) is 3.12. The smallest absolute Gasteiger partial charge is 0.119 e. The summed E-state index contributed by atoms with van der Waals surface area (Å²) in [5.74, 6) is 0.899. The van der Waals surface area contributed by atoms with E-state index in [9.17, 15) is 0 Å². The minimum Gasteiger partial charge on any atom is -0.494 e. The molecule has 0 atom stereocenters. The van der Waals surface area contributed by atoms with Crippen molar-refractivity contribution in [3.8, 4) is 5.75 Å². The molecular formula is C14H22N2O2. The number of ether oxygens (including phenoxy) is 2. The van der Waals surface area contributed by atoms with Crippen LogP contribution in [0.2, 0.25) is 0 Å². The standard InChI is InChI=1S/C14H22N2O2/c15-13-3-5-14(6-4-13)18-10-2-1-7-16-8-11-17-12-9-16/h3-6H,1-2,7-12,15H2. The molecule has 1 aliphatic rings. The zero-order chi connectivity index (χ0) is 12.6. The van der Waals surface area contributed by atoms with Crippen molar-refractivity contribution >= 4 is 5.69 Å². The first kappa shape index (κ1) is 13.2. The van der Waals surface area contributed by atoms with Crippen molar-refractivity contribution in [2.24, 2.45) is 0 Å². The first-order chi connectivity index (χ1) is 8.84. The van der Waals surface area contributed by atoms with Crippen LogP contribution in [0.1, 0.15) is 12.8 Å². The quantitative estimate of drug-likeness (QED) is 0.617. The molecule has 0 radical (unpaired) electrons. The Kier molecular flexibility index (Phi) is 5.30. The van der Waals surface area contributed by atoms with Crippen LogP contribution in [-0.4, -0.2) is 44.4 Å². The maximum atomic E-state index is 5.65. The molecule has 2 N–H and O–H groups in total. The molecule has 1 aliphatic heterocycles. The Morgan fingerprint density at radius 2 is 1.83 bits per heavy atom. The number of nitrogens with two attached hydrogens (primary N) is 1. The zero-order valence-electron chi connectivity index (χ0n) is 10.8. The Bertz CT molecular complexity index is 334. The summed E-state index contributed by atoms with van der Waals surface area (Å²) in [6.07, 6.45) is 2.26. The number of unbranched alkanes of at least 4 members (excludes halogenated alkanes) is 1. The number of hydrogen-bond acceptors (Lipinski definition) is 4. The molecule has 1 aromatic carbocycles. The molecule has 0 bridgehead atoms. The average Bonchev–Trinajstić information content (AvgIpc) is 2.42. The summed E-state index contributed by atoms with van der Waals surface area (Å²) in [6, 6.07) is 7.56. The number of nitrogens with zero attached hydrogens (tertiary/aromatic N) is 1. The van der Waals surface area contributed by atoms with E-state index in [0.717, 1.165) is 57.3 Å². The highest BCUT2D eigenvalue weighted by molar-refractivity contribution is 5.41. The van der Waals surface area contributed by atoms with Crippen LogP contribution >= 0.6 is 0 Å². The van der Waals surface area contributed by atoms with Crippen LogP contribution in [0.5, 0.6) is 5.75 Å². The van der Waals surface area contributed by atoms with Crippen molar-refractivity contribution in [3.05, 3.63) is 24.3 Å². The van der Waals surface area contributed by atoms with Gasteiger partial charge in [0.25, 0.3) is 0 Å². The van der Waals surface area contributed by atoms with Gasteiger partial charge in [0, 0.05) is 18.8 Å². The summed E-state index contributed by atoms with van der Waals surface area (Å²) in [6.45, 7) is 5.81. The predicted molar refractivity (Wildman–Crippen MR) is 72.8 cm³/mol. The maximum Gasteiger partial charge on any atom is 0.119 e. The zero-order valence-corrected chi connectivity index (χ0v) is 10.8. The highest BCUT2D eigenvalue weighted by atomic mass is 16.5. The van der Waals surface area contributed by atoms with E-state index < -0.39 is 0 Å². The monoisotopic (exact) mass is 250 g/mol. The second kappa shape index (κ2) is 7.24. The molecule has 1 fully saturated rings. The van der Waals surface area contributed by atoms with E-state index in [0.29, 0.717) is 0 Å². The number of nitrogen functional groups attached to an aromatic ring is 1. The van der Waals surface area contributed by atoms with Crippen LogP contribution in [0.4, 0.5) is 5.69 Å². The molecule has 0 aliphatic carbocycles. The lowest BCUT2D eigenvalue weighted by molar-refractivity contribution is 0.0368. The summed E-state index contributed by atoms with van der Waals surface area (Å²) in [5, 5.41) is 0. The molecule has 1 heterocycles. The van der Waals surface area contributed by atoms with Gasteiger partial charge in [-0.25, -0.2) is 0 Å². The minimum absolute atomic E-state index is 0.772. The molecule has 0 unspecified atom stereocenters. The Balaban J connectivity index is 1.54. The van der Waals surface area contributed by atoms with Crippen LogP contribution in [0.15, 0.2) is 24.3 Å². The SMILES string of the molecule is Nc1ccc(OCCCCN2CCOCC2)cc1. The van der Waals surface area contributed by atoms with Crippen LogP contribution in [0, 0.1) is 0 Å². The number of anilines is 1. The van der Waals surface area contributed by atoms with E-state index in [4.69, 9.17) is 15.2 Å². The first-order valence-corrected chi connectivity index (χ1v) is 6.63. The van der Waals surface area contributed by atoms with E-state index in [1.54, 1.807) is 0 Å². The Morgan fingerprint density at radius 3 is 2.56 bits per heavy atom. The van der Waals surface area contributed by atoms with Crippen LogP contribution in [-0.2, 0) is 4.74 Å². The highest BCUT2D eigenvalue weighted by Gasteiger charge is 2.08. The van der Waals surface area contributed by atoms with Gasteiger partial charge in [-0.1, -0.05) is 0 Å². The van der Waals surface area contributed by atoms with E-state index in [1.807, 2.05) is 24.3 Å². The second-order valence-corrected chi connectivity index (χ2v) is 4.58. The second-order valence-electron chi connectivity index (χ2n) is 4.58. The highest BCUT2D eigenvalue weighted by Crippen LogP contribution is 2.13. The lowest BCUT2D eigenvalue weighted by Gasteiger charge is -2.26. The van der Waals surface area contributed by atoms with Gasteiger partial charge in [-0.3, -0.25) is 4.90 Å². The lowest BCUT2D eigenvalue weighted by Crippen LogP contribution is -2.36. The molecule has 100 valence electrons. The van der Waals surface area contributed by atoms with Crippen LogP contribution in [0.3, 0.4) is 0 Å². The fraction of sp³-hybridized carbons (Fsp3) is 0.571. The Hall–Kier alpha value is -1.26. The van der Waals surface area contributed by atoms with Crippen molar-refractivity contribution in [1.29, 1.82) is 0 Å². The van der Waals surface area contributed by atoms with E-state index in [-0.39, 0.29) is 0 Å². The molecule has 0 amide bonds. The summed E-state index contributed by atoms with van der Waals surface area (Å²) >= 11 is 0. The van der Waals surface area contributed by atoms with Gasteiger partial charge in [-0.2, -0.15) is 0 Å². The fourth-order valence-corrected chi connectivity index (χ4v) is 2.02. The fourth-order valence-electron chi connectivity index (χ4n) is 2.02. The Morgan fingerprint density at radius 1 is 1.11 bits per heavy atom. The van der Waals surface area contributed by atoms with Gasteiger partial charge in [0.15, 0.2) is 0 Å². The van der Waals surface area contributed by atoms with Gasteiger partial charge in [-0.05, 0) is 43.7 Å². The van der Waals surface area contributed by atoms with E-state index in [2.05, 4.69) is 4.90 Å². The number of morpholine rings is 1. The van der Waals surface area contributed by atoms with Gasteiger partial charge in [0.1, 0.15) is 5.75 Å². The van der Waals surface area contributed by atoms with Gasteiger partial charge in [0.2, 0.25) is 0 Å². The molecule has 1 aromatic rings. The van der Waals surface area contributed by atoms with Gasteiger partial charge in [0.05, 0.1) is 19.8 Å². The number of rotatable bonds is 6. The van der Waals surface area contributed by atoms with Crippen molar-refractivity contribution in [2.75, 3.05) is 45.2 Å². The third kappa shape index (κ3) is 4.55. The maximum absolute atomic E-state index is 5.65. The Labute approximate surface area is 109 Å². The van der Waals surface area contributed by atoms with Crippen LogP contribution < -0.4 is 10.5 Å². The molecule has 18 heavy (non-hydrogen) atoms.